The SMILES string of the molecule is COC(=O)c1cccc(C)c1/C(=C\c1ccccc1)CCCOc1cc(C)cc(C)c1. The average Bonchev–Trinajstić information content (AvgIpc) is 2.75. The van der Waals surface area contributed by atoms with Crippen molar-refractivity contribution in [3.05, 3.63) is 100 Å². The van der Waals surface area contributed by atoms with Gasteiger partial charge in [0.15, 0.2) is 0 Å². The molecule has 160 valence electrons. The molecule has 0 heterocycles. The second-order valence-corrected chi connectivity index (χ2v) is 7.84. The molecule has 0 unspecified atom stereocenters. The molecule has 0 aliphatic heterocycles. The molecule has 3 heteroatoms. The number of carbonyl (C=O) groups is 1. The van der Waals surface area contributed by atoms with Crippen LogP contribution in [0.25, 0.3) is 11.6 Å². The van der Waals surface area contributed by atoms with Crippen molar-refractivity contribution < 1.29 is 14.3 Å². The van der Waals surface area contributed by atoms with E-state index in [2.05, 4.69) is 50.3 Å². The summed E-state index contributed by atoms with van der Waals surface area (Å²) in [5, 5.41) is 0. The first-order valence-electron chi connectivity index (χ1n) is 10.6. The Balaban J connectivity index is 1.85. The minimum atomic E-state index is -0.316. The summed E-state index contributed by atoms with van der Waals surface area (Å²) < 4.78 is 11.1. The smallest absolute Gasteiger partial charge is 0.338 e. The summed E-state index contributed by atoms with van der Waals surface area (Å²) in [5.41, 5.74) is 7.20. The topological polar surface area (TPSA) is 35.5 Å². The molecule has 0 fully saturated rings. The van der Waals surface area contributed by atoms with E-state index in [1.807, 2.05) is 43.3 Å². The first-order valence-corrected chi connectivity index (χ1v) is 10.6. The Morgan fingerprint density at radius 1 is 0.903 bits per heavy atom. The molecule has 3 nitrogen and oxygen atoms in total. The predicted octanol–water partition coefficient (Wildman–Crippen LogP) is 6.80. The van der Waals surface area contributed by atoms with Crippen LogP contribution in [0.1, 0.15) is 51.0 Å². The summed E-state index contributed by atoms with van der Waals surface area (Å²) in [7, 11) is 1.42. The lowest BCUT2D eigenvalue weighted by Gasteiger charge is -2.16. The van der Waals surface area contributed by atoms with Crippen LogP contribution in [0, 0.1) is 20.8 Å². The van der Waals surface area contributed by atoms with Gasteiger partial charge in [-0.05, 0) is 85.2 Å². The van der Waals surface area contributed by atoms with Gasteiger partial charge >= 0.3 is 5.97 Å². The minimum absolute atomic E-state index is 0.316. The maximum absolute atomic E-state index is 12.4. The molecular weight excluding hydrogens is 384 g/mol. The van der Waals surface area contributed by atoms with Crippen molar-refractivity contribution >= 4 is 17.6 Å². The molecule has 3 aromatic rings. The maximum Gasteiger partial charge on any atom is 0.338 e. The Bertz CT molecular complexity index is 1040. The van der Waals surface area contributed by atoms with Crippen LogP contribution in [0.5, 0.6) is 5.75 Å². The fraction of sp³-hybridized carbons (Fsp3) is 0.250. The lowest BCUT2D eigenvalue weighted by atomic mass is 9.90. The number of esters is 1. The summed E-state index contributed by atoms with van der Waals surface area (Å²) in [6.45, 7) is 6.79. The molecule has 0 aromatic heterocycles. The van der Waals surface area contributed by atoms with Crippen molar-refractivity contribution in [3.8, 4) is 5.75 Å². The third kappa shape index (κ3) is 6.08. The van der Waals surface area contributed by atoms with Crippen LogP contribution in [0.4, 0.5) is 0 Å². The predicted molar refractivity (Wildman–Crippen MR) is 127 cm³/mol. The van der Waals surface area contributed by atoms with Crippen molar-refractivity contribution in [3.63, 3.8) is 0 Å². The molecule has 0 radical (unpaired) electrons. The molecule has 0 aliphatic carbocycles. The minimum Gasteiger partial charge on any atom is -0.494 e. The number of rotatable bonds is 8. The van der Waals surface area contributed by atoms with E-state index < -0.39 is 0 Å². The fourth-order valence-corrected chi connectivity index (χ4v) is 3.86. The van der Waals surface area contributed by atoms with Gasteiger partial charge in [0.25, 0.3) is 0 Å². The van der Waals surface area contributed by atoms with Crippen LogP contribution in [0.15, 0.2) is 66.7 Å². The van der Waals surface area contributed by atoms with Crippen LogP contribution in [0.2, 0.25) is 0 Å². The molecule has 0 spiro atoms. The van der Waals surface area contributed by atoms with Crippen LogP contribution in [-0.4, -0.2) is 19.7 Å². The molecular formula is C28H30O3. The Morgan fingerprint density at radius 2 is 1.61 bits per heavy atom. The quantitative estimate of drug-likeness (QED) is 0.231. The van der Waals surface area contributed by atoms with Gasteiger partial charge in [-0.1, -0.05) is 54.6 Å². The van der Waals surface area contributed by atoms with Crippen LogP contribution in [0.3, 0.4) is 0 Å². The van der Waals surface area contributed by atoms with E-state index in [-0.39, 0.29) is 5.97 Å². The van der Waals surface area contributed by atoms with Crippen LogP contribution >= 0.6 is 0 Å². The van der Waals surface area contributed by atoms with Crippen LogP contribution in [-0.2, 0) is 4.74 Å². The third-order valence-corrected chi connectivity index (χ3v) is 5.19. The highest BCUT2D eigenvalue weighted by atomic mass is 16.5. The zero-order valence-corrected chi connectivity index (χ0v) is 18.8. The maximum atomic E-state index is 12.4. The standard InChI is InChI=1S/C28H30O3/c1-20-16-21(2)18-25(17-20)31-15-9-13-24(19-23-11-6-5-7-12-23)27-22(3)10-8-14-26(27)28(29)30-4/h5-8,10-12,14,16-19H,9,13,15H2,1-4H3/b24-19-. The highest BCUT2D eigenvalue weighted by molar-refractivity contribution is 5.98. The van der Waals surface area contributed by atoms with E-state index in [0.717, 1.165) is 40.9 Å². The highest BCUT2D eigenvalue weighted by Gasteiger charge is 2.17. The van der Waals surface area contributed by atoms with Gasteiger partial charge in [-0.3, -0.25) is 0 Å². The number of aryl methyl sites for hydroxylation is 3. The van der Waals surface area contributed by atoms with Gasteiger partial charge < -0.3 is 9.47 Å². The van der Waals surface area contributed by atoms with E-state index in [1.165, 1.54) is 18.2 Å². The molecule has 0 atom stereocenters. The lowest BCUT2D eigenvalue weighted by Crippen LogP contribution is -2.08. The zero-order valence-electron chi connectivity index (χ0n) is 18.8. The zero-order chi connectivity index (χ0) is 22.2. The highest BCUT2D eigenvalue weighted by Crippen LogP contribution is 2.30. The van der Waals surface area contributed by atoms with Crippen molar-refractivity contribution in [1.29, 1.82) is 0 Å². The summed E-state index contributed by atoms with van der Waals surface area (Å²) in [5.74, 6) is 0.585. The van der Waals surface area contributed by atoms with Crippen molar-refractivity contribution in [2.75, 3.05) is 13.7 Å². The van der Waals surface area contributed by atoms with Crippen molar-refractivity contribution in [2.24, 2.45) is 0 Å². The number of allylic oxidation sites excluding steroid dienone is 1. The largest absolute Gasteiger partial charge is 0.494 e. The van der Waals surface area contributed by atoms with Gasteiger partial charge in [-0.15, -0.1) is 0 Å². The molecule has 31 heavy (non-hydrogen) atoms. The summed E-state index contributed by atoms with van der Waals surface area (Å²) >= 11 is 0. The summed E-state index contributed by atoms with van der Waals surface area (Å²) in [6, 6.07) is 22.2. The second-order valence-electron chi connectivity index (χ2n) is 7.84. The van der Waals surface area contributed by atoms with Crippen LogP contribution < -0.4 is 4.74 Å². The number of methoxy groups -OCH3 is 1. The van der Waals surface area contributed by atoms with Gasteiger partial charge in [0.1, 0.15) is 5.75 Å². The number of hydrogen-bond donors (Lipinski definition) is 0. The molecule has 0 amide bonds. The number of ether oxygens (including phenoxy) is 2. The van der Waals surface area contributed by atoms with E-state index in [0.29, 0.717) is 12.2 Å². The summed E-state index contributed by atoms with van der Waals surface area (Å²) in [4.78, 5) is 12.4. The fourth-order valence-electron chi connectivity index (χ4n) is 3.86. The molecule has 0 N–H and O–H groups in total. The first-order chi connectivity index (χ1) is 15.0. The second kappa shape index (κ2) is 10.6. The van der Waals surface area contributed by atoms with Crippen molar-refractivity contribution in [1.82, 2.24) is 0 Å². The normalized spacial score (nSPS) is 11.3. The third-order valence-electron chi connectivity index (χ3n) is 5.19. The van der Waals surface area contributed by atoms with E-state index in [4.69, 9.17) is 9.47 Å². The van der Waals surface area contributed by atoms with Gasteiger partial charge in [-0.2, -0.15) is 0 Å². The number of hydrogen-bond acceptors (Lipinski definition) is 3. The van der Waals surface area contributed by atoms with E-state index in [9.17, 15) is 4.79 Å². The Kier molecular flexibility index (Phi) is 7.66. The molecule has 0 bridgehead atoms. The Labute approximate surface area is 185 Å². The monoisotopic (exact) mass is 414 g/mol. The summed E-state index contributed by atoms with van der Waals surface area (Å²) in [6.07, 6.45) is 3.78. The first kappa shape index (κ1) is 22.4. The van der Waals surface area contributed by atoms with E-state index in [1.54, 1.807) is 0 Å². The number of carbonyl (C=O) groups excluding carboxylic acids is 1. The van der Waals surface area contributed by atoms with Gasteiger partial charge in [0, 0.05) is 0 Å². The Morgan fingerprint density at radius 3 is 2.29 bits per heavy atom. The van der Waals surface area contributed by atoms with Crippen molar-refractivity contribution in [2.45, 2.75) is 33.6 Å². The lowest BCUT2D eigenvalue weighted by molar-refractivity contribution is 0.0600. The van der Waals surface area contributed by atoms with E-state index >= 15 is 0 Å². The van der Waals surface area contributed by atoms with Gasteiger partial charge in [-0.25, -0.2) is 4.79 Å². The number of benzene rings is 3. The van der Waals surface area contributed by atoms with Gasteiger partial charge in [0.05, 0.1) is 19.3 Å². The van der Waals surface area contributed by atoms with Gasteiger partial charge in [0.2, 0.25) is 0 Å². The molecule has 0 saturated carbocycles. The molecule has 3 rings (SSSR count). The molecule has 0 saturated heterocycles. The average molecular weight is 415 g/mol. The Hall–Kier alpha value is -3.33. The molecule has 0 aliphatic rings. The molecule has 3 aromatic carbocycles.